The molecule has 4 rings (SSSR count). The lowest BCUT2D eigenvalue weighted by Gasteiger charge is -1.96. The van der Waals surface area contributed by atoms with Crippen molar-refractivity contribution >= 4 is 44.4 Å². The average molecular weight is 254 g/mol. The van der Waals surface area contributed by atoms with Gasteiger partial charge in [0.1, 0.15) is 11.2 Å². The Bertz CT molecular complexity index is 895. The Hall–Kier alpha value is -2.06. The van der Waals surface area contributed by atoms with Crippen molar-refractivity contribution < 1.29 is 4.42 Å². The highest BCUT2D eigenvalue weighted by atomic mass is 35.5. The maximum atomic E-state index is 6.25. The number of halogens is 1. The van der Waals surface area contributed by atoms with E-state index < -0.39 is 0 Å². The van der Waals surface area contributed by atoms with E-state index in [0.717, 1.165) is 37.9 Å². The van der Waals surface area contributed by atoms with Gasteiger partial charge in [0.2, 0.25) is 0 Å². The maximum absolute atomic E-state index is 6.25. The van der Waals surface area contributed by atoms with Crippen LogP contribution >= 0.6 is 11.6 Å². The molecule has 2 aromatic heterocycles. The minimum atomic E-state index is 0.717. The van der Waals surface area contributed by atoms with Crippen LogP contribution in [0.4, 0.5) is 0 Å². The summed E-state index contributed by atoms with van der Waals surface area (Å²) < 4.78 is 5.92. The summed E-state index contributed by atoms with van der Waals surface area (Å²) in [6.07, 6.45) is 1.78. The topological polar surface area (TPSA) is 26.0 Å². The summed E-state index contributed by atoms with van der Waals surface area (Å²) in [5.74, 6) is 0. The smallest absolute Gasteiger partial charge is 0.144 e. The molecule has 0 fully saturated rings. The fraction of sp³-hybridized carbons (Fsp3) is 0. The van der Waals surface area contributed by atoms with Gasteiger partial charge in [-0.2, -0.15) is 0 Å². The Labute approximate surface area is 108 Å². The molecule has 0 unspecified atom stereocenters. The van der Waals surface area contributed by atoms with Crippen molar-refractivity contribution in [1.82, 2.24) is 4.98 Å². The van der Waals surface area contributed by atoms with Crippen LogP contribution in [0, 0.1) is 0 Å². The van der Waals surface area contributed by atoms with Gasteiger partial charge >= 0.3 is 0 Å². The van der Waals surface area contributed by atoms with Gasteiger partial charge in [0, 0.05) is 22.4 Å². The average Bonchev–Trinajstić information content (AvgIpc) is 2.79. The number of hydrogen-bond donors (Lipinski definition) is 0. The van der Waals surface area contributed by atoms with Crippen LogP contribution in [-0.2, 0) is 0 Å². The molecule has 2 aromatic carbocycles. The van der Waals surface area contributed by atoms with E-state index in [-0.39, 0.29) is 0 Å². The van der Waals surface area contributed by atoms with Crippen LogP contribution in [0.25, 0.3) is 32.8 Å². The highest BCUT2D eigenvalue weighted by Gasteiger charge is 2.12. The lowest BCUT2D eigenvalue weighted by Crippen LogP contribution is -1.77. The summed E-state index contributed by atoms with van der Waals surface area (Å²) in [6.45, 7) is 0. The molecule has 0 saturated heterocycles. The Kier molecular flexibility index (Phi) is 1.91. The van der Waals surface area contributed by atoms with Gasteiger partial charge in [0.25, 0.3) is 0 Å². The molecule has 0 spiro atoms. The molecule has 2 nitrogen and oxygen atoms in total. The first-order valence-corrected chi connectivity index (χ1v) is 6.07. The third kappa shape index (κ3) is 1.21. The van der Waals surface area contributed by atoms with Gasteiger partial charge in [-0.15, -0.1) is 0 Å². The number of aromatic nitrogens is 1. The largest absolute Gasteiger partial charge is 0.455 e. The molecule has 2 heterocycles. The summed E-state index contributed by atoms with van der Waals surface area (Å²) in [5, 5.41) is 3.74. The normalized spacial score (nSPS) is 11.6. The van der Waals surface area contributed by atoms with Gasteiger partial charge < -0.3 is 4.42 Å². The van der Waals surface area contributed by atoms with Crippen LogP contribution in [0.3, 0.4) is 0 Å². The van der Waals surface area contributed by atoms with E-state index in [1.165, 1.54) is 0 Å². The molecule has 0 bridgehead atoms. The SMILES string of the molecule is Clc1cccc2oc3c4cccnc4ccc3c12. The molecular weight excluding hydrogens is 246 g/mol. The van der Waals surface area contributed by atoms with E-state index in [2.05, 4.69) is 4.98 Å². The van der Waals surface area contributed by atoms with Gasteiger partial charge in [-0.3, -0.25) is 4.98 Å². The first-order valence-electron chi connectivity index (χ1n) is 5.69. The molecular formula is C15H8ClNO. The summed E-state index contributed by atoms with van der Waals surface area (Å²) in [5.41, 5.74) is 2.60. The van der Waals surface area contributed by atoms with Gasteiger partial charge in [-0.25, -0.2) is 0 Å². The summed E-state index contributed by atoms with van der Waals surface area (Å²) >= 11 is 6.25. The number of rotatable bonds is 0. The molecule has 86 valence electrons. The lowest BCUT2D eigenvalue weighted by atomic mass is 10.1. The van der Waals surface area contributed by atoms with E-state index in [1.807, 2.05) is 42.5 Å². The molecule has 18 heavy (non-hydrogen) atoms. The zero-order chi connectivity index (χ0) is 12.1. The second-order valence-electron chi connectivity index (χ2n) is 4.23. The second-order valence-corrected chi connectivity index (χ2v) is 4.63. The predicted molar refractivity (Wildman–Crippen MR) is 74.0 cm³/mol. The van der Waals surface area contributed by atoms with E-state index in [0.29, 0.717) is 0 Å². The molecule has 0 aliphatic rings. The summed E-state index contributed by atoms with van der Waals surface area (Å²) in [6, 6.07) is 13.7. The van der Waals surface area contributed by atoms with Crippen LogP contribution in [0.5, 0.6) is 0 Å². The van der Waals surface area contributed by atoms with Crippen LogP contribution < -0.4 is 0 Å². The minimum absolute atomic E-state index is 0.717. The van der Waals surface area contributed by atoms with E-state index in [9.17, 15) is 0 Å². The van der Waals surface area contributed by atoms with Crippen molar-refractivity contribution in [3.05, 3.63) is 53.7 Å². The van der Waals surface area contributed by atoms with E-state index in [1.54, 1.807) is 6.20 Å². The van der Waals surface area contributed by atoms with Crippen LogP contribution in [-0.4, -0.2) is 4.98 Å². The lowest BCUT2D eigenvalue weighted by molar-refractivity contribution is 0.672. The first kappa shape index (κ1) is 9.92. The Morgan fingerprint density at radius 2 is 1.89 bits per heavy atom. The molecule has 0 aliphatic heterocycles. The predicted octanol–water partition coefficient (Wildman–Crippen LogP) is 4.79. The van der Waals surface area contributed by atoms with Crippen LogP contribution in [0.1, 0.15) is 0 Å². The van der Waals surface area contributed by atoms with Crippen molar-refractivity contribution in [1.29, 1.82) is 0 Å². The quantitative estimate of drug-likeness (QED) is 0.450. The number of fused-ring (bicyclic) bond motifs is 5. The molecule has 0 N–H and O–H groups in total. The zero-order valence-corrected chi connectivity index (χ0v) is 10.1. The molecule has 0 radical (unpaired) electrons. The van der Waals surface area contributed by atoms with Crippen LogP contribution in [0.15, 0.2) is 53.1 Å². The number of benzene rings is 2. The van der Waals surface area contributed by atoms with Crippen molar-refractivity contribution in [2.75, 3.05) is 0 Å². The molecule has 3 heteroatoms. The first-order chi connectivity index (χ1) is 8.84. The minimum Gasteiger partial charge on any atom is -0.455 e. The van der Waals surface area contributed by atoms with Crippen molar-refractivity contribution in [3.8, 4) is 0 Å². The summed E-state index contributed by atoms with van der Waals surface area (Å²) in [7, 11) is 0. The number of furan rings is 1. The molecule has 0 saturated carbocycles. The standard InChI is InChI=1S/C15H8ClNO/c16-11-4-1-5-13-14(11)10-6-7-12-9(15(10)18-13)3-2-8-17-12/h1-8H. The number of hydrogen-bond acceptors (Lipinski definition) is 2. The zero-order valence-electron chi connectivity index (χ0n) is 9.35. The van der Waals surface area contributed by atoms with Crippen molar-refractivity contribution in [2.24, 2.45) is 0 Å². The number of nitrogens with zero attached hydrogens (tertiary/aromatic N) is 1. The van der Waals surface area contributed by atoms with E-state index >= 15 is 0 Å². The van der Waals surface area contributed by atoms with Gasteiger partial charge in [0.05, 0.1) is 10.5 Å². The molecule has 0 amide bonds. The van der Waals surface area contributed by atoms with Crippen molar-refractivity contribution in [3.63, 3.8) is 0 Å². The highest BCUT2D eigenvalue weighted by Crippen LogP contribution is 2.36. The number of pyridine rings is 1. The van der Waals surface area contributed by atoms with Crippen LogP contribution in [0.2, 0.25) is 5.02 Å². The van der Waals surface area contributed by atoms with Gasteiger partial charge in [-0.05, 0) is 36.4 Å². The molecule has 4 aromatic rings. The summed E-state index contributed by atoms with van der Waals surface area (Å²) in [4.78, 5) is 4.33. The maximum Gasteiger partial charge on any atom is 0.144 e. The molecule has 0 atom stereocenters. The van der Waals surface area contributed by atoms with E-state index in [4.69, 9.17) is 16.0 Å². The fourth-order valence-electron chi connectivity index (χ4n) is 2.39. The molecule has 0 aliphatic carbocycles. The Morgan fingerprint density at radius 3 is 2.83 bits per heavy atom. The second kappa shape index (κ2) is 3.47. The fourth-order valence-corrected chi connectivity index (χ4v) is 2.66. The monoisotopic (exact) mass is 253 g/mol. The third-order valence-corrected chi connectivity index (χ3v) is 3.51. The Balaban J connectivity index is 2.34. The Morgan fingerprint density at radius 1 is 0.944 bits per heavy atom. The van der Waals surface area contributed by atoms with Gasteiger partial charge in [0.15, 0.2) is 0 Å². The van der Waals surface area contributed by atoms with Crippen molar-refractivity contribution in [2.45, 2.75) is 0 Å². The third-order valence-electron chi connectivity index (χ3n) is 3.19. The van der Waals surface area contributed by atoms with Gasteiger partial charge in [-0.1, -0.05) is 17.7 Å². The highest BCUT2D eigenvalue weighted by molar-refractivity contribution is 6.38.